The Labute approximate surface area is 128 Å². The second kappa shape index (κ2) is 6.31. The fourth-order valence-electron chi connectivity index (χ4n) is 2.23. The maximum absolute atomic E-state index is 12.3. The van der Waals surface area contributed by atoms with E-state index in [-0.39, 0.29) is 27.6 Å². The van der Waals surface area contributed by atoms with Gasteiger partial charge < -0.3 is 9.84 Å². The average Bonchev–Trinajstić information content (AvgIpc) is 2.37. The van der Waals surface area contributed by atoms with Crippen LogP contribution in [0.25, 0.3) is 0 Å². The molecule has 8 heteroatoms. The highest BCUT2D eigenvalue weighted by atomic mass is 35.5. The lowest BCUT2D eigenvalue weighted by Gasteiger charge is -2.27. The number of benzene rings is 1. The molecule has 2 atom stereocenters. The van der Waals surface area contributed by atoms with Gasteiger partial charge in [-0.1, -0.05) is 11.6 Å². The molecule has 1 aromatic carbocycles. The third-order valence-electron chi connectivity index (χ3n) is 3.29. The largest absolute Gasteiger partial charge is 0.478 e. The summed E-state index contributed by atoms with van der Waals surface area (Å²) in [5, 5.41) is 8.78. The van der Waals surface area contributed by atoms with Gasteiger partial charge in [0.2, 0.25) is 10.0 Å². The van der Waals surface area contributed by atoms with E-state index in [0.29, 0.717) is 19.4 Å². The minimum absolute atomic E-state index is 0.00410. The molecular weight excluding hydrogens is 318 g/mol. The van der Waals surface area contributed by atoms with Crippen LogP contribution in [0.2, 0.25) is 5.02 Å². The first-order valence-corrected chi connectivity index (χ1v) is 8.32. The van der Waals surface area contributed by atoms with Crippen molar-refractivity contribution in [1.82, 2.24) is 4.72 Å². The molecule has 116 valence electrons. The molecule has 6 nitrogen and oxygen atoms in total. The standard InChI is InChI=1S/C13H16ClNO5S/c1-8-6-9(4-5-20-8)15-21(18,19)10-2-3-11(13(16)17)12(14)7-10/h2-3,7-9,15H,4-6H2,1H3,(H,16,17). The van der Waals surface area contributed by atoms with Crippen LogP contribution in [0, 0.1) is 0 Å². The van der Waals surface area contributed by atoms with E-state index in [2.05, 4.69) is 4.72 Å². The number of rotatable bonds is 4. The van der Waals surface area contributed by atoms with Gasteiger partial charge in [0, 0.05) is 12.6 Å². The molecule has 1 aromatic rings. The Morgan fingerprint density at radius 2 is 2.19 bits per heavy atom. The van der Waals surface area contributed by atoms with Crippen LogP contribution in [0.15, 0.2) is 23.1 Å². The topological polar surface area (TPSA) is 92.7 Å². The molecule has 1 heterocycles. The van der Waals surface area contributed by atoms with Crippen molar-refractivity contribution < 1.29 is 23.1 Å². The molecule has 0 amide bonds. The van der Waals surface area contributed by atoms with Crippen molar-refractivity contribution >= 4 is 27.6 Å². The maximum atomic E-state index is 12.3. The van der Waals surface area contributed by atoms with E-state index in [1.54, 1.807) is 0 Å². The number of aromatic carboxylic acids is 1. The zero-order valence-corrected chi connectivity index (χ0v) is 12.9. The van der Waals surface area contributed by atoms with Crippen LogP contribution in [-0.4, -0.2) is 38.2 Å². The Bertz CT molecular complexity index is 646. The van der Waals surface area contributed by atoms with Crippen molar-refractivity contribution in [2.75, 3.05) is 6.61 Å². The summed E-state index contributed by atoms with van der Waals surface area (Å²) in [6.07, 6.45) is 1.20. The van der Waals surface area contributed by atoms with Crippen molar-refractivity contribution in [3.63, 3.8) is 0 Å². The number of sulfonamides is 1. The summed E-state index contributed by atoms with van der Waals surface area (Å²) in [6, 6.07) is 3.37. The fraction of sp³-hybridized carbons (Fsp3) is 0.462. The lowest BCUT2D eigenvalue weighted by Crippen LogP contribution is -2.41. The van der Waals surface area contributed by atoms with Crippen LogP contribution in [0.3, 0.4) is 0 Å². The zero-order chi connectivity index (χ0) is 15.6. The Morgan fingerprint density at radius 3 is 2.76 bits per heavy atom. The highest BCUT2D eigenvalue weighted by Gasteiger charge is 2.25. The van der Waals surface area contributed by atoms with Crippen LogP contribution in [0.1, 0.15) is 30.1 Å². The van der Waals surface area contributed by atoms with Gasteiger partial charge in [0.05, 0.1) is 21.6 Å². The van der Waals surface area contributed by atoms with Gasteiger partial charge in [0.15, 0.2) is 0 Å². The molecule has 2 N–H and O–H groups in total. The molecular formula is C13H16ClNO5S. The molecule has 1 aliphatic rings. The summed E-state index contributed by atoms with van der Waals surface area (Å²) in [4.78, 5) is 10.8. The van der Waals surface area contributed by atoms with Gasteiger partial charge in [-0.05, 0) is 38.0 Å². The quantitative estimate of drug-likeness (QED) is 0.877. The minimum Gasteiger partial charge on any atom is -0.478 e. The molecule has 0 saturated carbocycles. The third-order valence-corrected chi connectivity index (χ3v) is 5.12. The molecule has 0 bridgehead atoms. The Kier molecular flexibility index (Phi) is 4.88. The summed E-state index contributed by atoms with van der Waals surface area (Å²) >= 11 is 5.80. The Balaban J connectivity index is 2.19. The Hall–Kier alpha value is -1.15. The highest BCUT2D eigenvalue weighted by molar-refractivity contribution is 7.89. The molecule has 0 radical (unpaired) electrons. The number of carboxylic acid groups (broad SMARTS) is 1. The number of hydrogen-bond acceptors (Lipinski definition) is 4. The third kappa shape index (κ3) is 3.94. The number of carbonyl (C=O) groups is 1. The molecule has 2 unspecified atom stereocenters. The predicted molar refractivity (Wildman–Crippen MR) is 77.2 cm³/mol. The molecule has 1 fully saturated rings. The van der Waals surface area contributed by atoms with Crippen molar-refractivity contribution in [2.45, 2.75) is 36.8 Å². The zero-order valence-electron chi connectivity index (χ0n) is 11.4. The van der Waals surface area contributed by atoms with Crippen molar-refractivity contribution in [3.8, 4) is 0 Å². The first kappa shape index (κ1) is 16.2. The fourth-order valence-corrected chi connectivity index (χ4v) is 3.86. The van der Waals surface area contributed by atoms with Gasteiger partial charge in [-0.15, -0.1) is 0 Å². The second-order valence-electron chi connectivity index (χ2n) is 4.97. The summed E-state index contributed by atoms with van der Waals surface area (Å²) in [5.41, 5.74) is -0.129. The number of nitrogens with one attached hydrogen (secondary N) is 1. The summed E-state index contributed by atoms with van der Waals surface area (Å²) in [7, 11) is -3.73. The molecule has 0 spiro atoms. The van der Waals surface area contributed by atoms with Crippen LogP contribution in [-0.2, 0) is 14.8 Å². The van der Waals surface area contributed by atoms with Gasteiger partial charge in [-0.3, -0.25) is 0 Å². The van der Waals surface area contributed by atoms with Gasteiger partial charge in [0.25, 0.3) is 0 Å². The monoisotopic (exact) mass is 333 g/mol. The lowest BCUT2D eigenvalue weighted by atomic mass is 10.1. The van der Waals surface area contributed by atoms with Gasteiger partial charge in [0.1, 0.15) is 0 Å². The van der Waals surface area contributed by atoms with Crippen LogP contribution < -0.4 is 4.72 Å². The van der Waals surface area contributed by atoms with Gasteiger partial charge in [-0.25, -0.2) is 17.9 Å². The lowest BCUT2D eigenvalue weighted by molar-refractivity contribution is 0.0173. The summed E-state index contributed by atoms with van der Waals surface area (Å²) < 4.78 is 32.5. The summed E-state index contributed by atoms with van der Waals surface area (Å²) in [6.45, 7) is 2.39. The molecule has 0 aliphatic carbocycles. The van der Waals surface area contributed by atoms with Crippen molar-refractivity contribution in [2.24, 2.45) is 0 Å². The van der Waals surface area contributed by atoms with Gasteiger partial charge >= 0.3 is 5.97 Å². The number of hydrogen-bond donors (Lipinski definition) is 2. The smallest absolute Gasteiger partial charge is 0.337 e. The van der Waals surface area contributed by atoms with E-state index in [4.69, 9.17) is 21.4 Å². The second-order valence-corrected chi connectivity index (χ2v) is 7.09. The molecule has 1 aliphatic heterocycles. The molecule has 2 rings (SSSR count). The maximum Gasteiger partial charge on any atom is 0.337 e. The summed E-state index contributed by atoms with van der Waals surface area (Å²) in [5.74, 6) is -1.20. The first-order valence-electron chi connectivity index (χ1n) is 6.46. The number of halogens is 1. The molecule has 1 saturated heterocycles. The average molecular weight is 334 g/mol. The van der Waals surface area contributed by atoms with Crippen molar-refractivity contribution in [1.29, 1.82) is 0 Å². The molecule has 21 heavy (non-hydrogen) atoms. The van der Waals surface area contributed by atoms with E-state index in [9.17, 15) is 13.2 Å². The van der Waals surface area contributed by atoms with Crippen LogP contribution in [0.4, 0.5) is 0 Å². The van der Waals surface area contributed by atoms with Gasteiger partial charge in [-0.2, -0.15) is 0 Å². The van der Waals surface area contributed by atoms with E-state index in [1.165, 1.54) is 12.1 Å². The number of carboxylic acids is 1. The SMILES string of the molecule is CC1CC(NS(=O)(=O)c2ccc(C(=O)O)c(Cl)c2)CCO1. The number of ether oxygens (including phenoxy) is 1. The van der Waals surface area contributed by atoms with E-state index >= 15 is 0 Å². The Morgan fingerprint density at radius 1 is 1.48 bits per heavy atom. The highest BCUT2D eigenvalue weighted by Crippen LogP contribution is 2.22. The predicted octanol–water partition coefficient (Wildman–Crippen LogP) is 1.88. The minimum atomic E-state index is -3.73. The van der Waals surface area contributed by atoms with E-state index in [0.717, 1.165) is 6.07 Å². The van der Waals surface area contributed by atoms with Crippen molar-refractivity contribution in [3.05, 3.63) is 28.8 Å². The molecule has 0 aromatic heterocycles. The van der Waals surface area contributed by atoms with Crippen LogP contribution in [0.5, 0.6) is 0 Å². The van der Waals surface area contributed by atoms with E-state index < -0.39 is 16.0 Å². The van der Waals surface area contributed by atoms with E-state index in [1.807, 2.05) is 6.92 Å². The normalized spacial score (nSPS) is 23.0. The first-order chi connectivity index (χ1) is 9.79. The van der Waals surface area contributed by atoms with Crippen LogP contribution >= 0.6 is 11.6 Å².